The predicted molar refractivity (Wildman–Crippen MR) is 60.0 cm³/mol. The third-order valence-electron chi connectivity index (χ3n) is 1.99. The molecule has 0 aliphatic rings. The van der Waals surface area contributed by atoms with Crippen LogP contribution in [0.5, 0.6) is 0 Å². The highest BCUT2D eigenvalue weighted by atomic mass is 35.5. The molecule has 2 N–H and O–H groups in total. The number of hydrogen-bond donors (Lipinski definition) is 1. The van der Waals surface area contributed by atoms with Gasteiger partial charge in [0.05, 0.1) is 0 Å². The Bertz CT molecular complexity index is 308. The van der Waals surface area contributed by atoms with Crippen molar-refractivity contribution < 1.29 is 8.78 Å². The van der Waals surface area contributed by atoms with Gasteiger partial charge in [-0.1, -0.05) is 6.08 Å². The van der Waals surface area contributed by atoms with Crippen molar-refractivity contribution in [3.63, 3.8) is 0 Å². The van der Waals surface area contributed by atoms with Crippen LogP contribution in [0.3, 0.4) is 0 Å². The average molecular weight is 234 g/mol. The number of hydrogen-bond acceptors (Lipinski definition) is 1. The molecule has 0 aliphatic heterocycles. The molecule has 0 amide bonds. The van der Waals surface area contributed by atoms with Gasteiger partial charge in [0.2, 0.25) is 0 Å². The highest BCUT2D eigenvalue weighted by molar-refractivity contribution is 5.85. The molecule has 1 rings (SSSR count). The van der Waals surface area contributed by atoms with E-state index in [1.165, 1.54) is 12.1 Å². The van der Waals surface area contributed by atoms with Gasteiger partial charge in [0.25, 0.3) is 0 Å². The van der Waals surface area contributed by atoms with Crippen LogP contribution < -0.4 is 5.73 Å². The van der Waals surface area contributed by atoms with E-state index in [0.717, 1.165) is 12.5 Å². The summed E-state index contributed by atoms with van der Waals surface area (Å²) in [7, 11) is 0. The van der Waals surface area contributed by atoms with Gasteiger partial charge in [-0.2, -0.15) is 0 Å². The maximum atomic E-state index is 12.8. The van der Waals surface area contributed by atoms with Gasteiger partial charge < -0.3 is 5.73 Å². The molecule has 0 saturated carbocycles. The van der Waals surface area contributed by atoms with Crippen LogP contribution in [0.1, 0.15) is 24.4 Å². The van der Waals surface area contributed by atoms with Crippen LogP contribution in [-0.2, 0) is 0 Å². The molecule has 1 aromatic carbocycles. The number of halogens is 3. The third kappa shape index (κ3) is 4.40. The topological polar surface area (TPSA) is 26.0 Å². The molecule has 0 spiro atoms. The molecule has 0 aliphatic carbocycles. The summed E-state index contributed by atoms with van der Waals surface area (Å²) >= 11 is 0. The molecule has 0 heterocycles. The minimum Gasteiger partial charge on any atom is -0.324 e. The van der Waals surface area contributed by atoms with Crippen LogP contribution in [0.25, 0.3) is 0 Å². The summed E-state index contributed by atoms with van der Waals surface area (Å²) in [6.07, 6.45) is 3.11. The lowest BCUT2D eigenvalue weighted by atomic mass is 10.0. The second-order valence-electron chi connectivity index (χ2n) is 3.18. The Kier molecular flexibility index (Phi) is 6.13. The standard InChI is InChI=1S/C11H13F2N.ClH/c1-2-3-4-11(14)8-5-9(12)7-10(13)6-8;/h2,5-7,11H,1,3-4,14H2;1H/t11-;/m0./s1. The van der Waals surface area contributed by atoms with Crippen molar-refractivity contribution in [1.82, 2.24) is 0 Å². The van der Waals surface area contributed by atoms with Gasteiger partial charge in [0.15, 0.2) is 0 Å². The van der Waals surface area contributed by atoms with Crippen LogP contribution in [0, 0.1) is 11.6 Å². The molecule has 0 unspecified atom stereocenters. The summed E-state index contributed by atoms with van der Waals surface area (Å²) in [6.45, 7) is 3.56. The molecule has 15 heavy (non-hydrogen) atoms. The SMILES string of the molecule is C=CCC[C@H](N)c1cc(F)cc(F)c1.Cl. The van der Waals surface area contributed by atoms with Crippen molar-refractivity contribution >= 4 is 12.4 Å². The largest absolute Gasteiger partial charge is 0.324 e. The van der Waals surface area contributed by atoms with Gasteiger partial charge >= 0.3 is 0 Å². The summed E-state index contributed by atoms with van der Waals surface area (Å²) in [4.78, 5) is 0. The summed E-state index contributed by atoms with van der Waals surface area (Å²) < 4.78 is 25.6. The zero-order valence-corrected chi connectivity index (χ0v) is 9.07. The number of rotatable bonds is 4. The Balaban J connectivity index is 0.00000196. The maximum absolute atomic E-state index is 12.8. The Labute approximate surface area is 94.4 Å². The zero-order chi connectivity index (χ0) is 10.6. The molecule has 0 fully saturated rings. The zero-order valence-electron chi connectivity index (χ0n) is 8.25. The first-order chi connectivity index (χ1) is 6.63. The van der Waals surface area contributed by atoms with Crippen LogP contribution >= 0.6 is 12.4 Å². The van der Waals surface area contributed by atoms with Gasteiger partial charge in [0.1, 0.15) is 11.6 Å². The average Bonchev–Trinajstić information content (AvgIpc) is 2.12. The maximum Gasteiger partial charge on any atom is 0.126 e. The molecule has 0 saturated heterocycles. The smallest absolute Gasteiger partial charge is 0.126 e. The molecular formula is C11H14ClF2N. The van der Waals surface area contributed by atoms with Gasteiger partial charge in [-0.15, -0.1) is 19.0 Å². The summed E-state index contributed by atoms with van der Waals surface area (Å²) in [5.41, 5.74) is 6.23. The fourth-order valence-corrected chi connectivity index (χ4v) is 1.25. The van der Waals surface area contributed by atoms with E-state index in [1.54, 1.807) is 6.08 Å². The molecule has 1 aromatic rings. The van der Waals surface area contributed by atoms with E-state index >= 15 is 0 Å². The van der Waals surface area contributed by atoms with Crippen molar-refractivity contribution in [2.45, 2.75) is 18.9 Å². The Morgan fingerprint density at radius 2 is 1.80 bits per heavy atom. The van der Waals surface area contributed by atoms with E-state index in [0.29, 0.717) is 12.0 Å². The molecule has 84 valence electrons. The Morgan fingerprint density at radius 3 is 2.27 bits per heavy atom. The molecule has 4 heteroatoms. The fraction of sp³-hybridized carbons (Fsp3) is 0.273. The van der Waals surface area contributed by atoms with Gasteiger partial charge in [-0.3, -0.25) is 0 Å². The molecule has 1 nitrogen and oxygen atoms in total. The molecule has 0 aromatic heterocycles. The van der Waals surface area contributed by atoms with Crippen molar-refractivity contribution in [2.75, 3.05) is 0 Å². The predicted octanol–water partition coefficient (Wildman–Crippen LogP) is 3.35. The van der Waals surface area contributed by atoms with E-state index in [9.17, 15) is 8.78 Å². The van der Waals surface area contributed by atoms with Crippen LogP contribution in [0.4, 0.5) is 8.78 Å². The van der Waals surface area contributed by atoms with E-state index in [2.05, 4.69) is 6.58 Å². The van der Waals surface area contributed by atoms with Crippen LogP contribution in [0.2, 0.25) is 0 Å². The normalized spacial score (nSPS) is 11.7. The summed E-state index contributed by atoms with van der Waals surface area (Å²) in [5, 5.41) is 0. The number of allylic oxidation sites excluding steroid dienone is 1. The van der Waals surface area contributed by atoms with Crippen LogP contribution in [-0.4, -0.2) is 0 Å². The lowest BCUT2D eigenvalue weighted by Gasteiger charge is -2.10. The lowest BCUT2D eigenvalue weighted by molar-refractivity contribution is 0.568. The second-order valence-corrected chi connectivity index (χ2v) is 3.18. The summed E-state index contributed by atoms with van der Waals surface area (Å²) in [5.74, 6) is -1.18. The molecule has 0 radical (unpaired) electrons. The van der Waals surface area contributed by atoms with E-state index < -0.39 is 11.6 Å². The summed E-state index contributed by atoms with van der Waals surface area (Å²) in [6, 6.07) is 3.02. The molecule has 1 atom stereocenters. The van der Waals surface area contributed by atoms with E-state index in [4.69, 9.17) is 5.73 Å². The van der Waals surface area contributed by atoms with Crippen molar-refractivity contribution in [3.8, 4) is 0 Å². The fourth-order valence-electron chi connectivity index (χ4n) is 1.25. The highest BCUT2D eigenvalue weighted by Crippen LogP contribution is 2.18. The quantitative estimate of drug-likeness (QED) is 0.793. The van der Waals surface area contributed by atoms with Crippen molar-refractivity contribution in [2.24, 2.45) is 5.73 Å². The van der Waals surface area contributed by atoms with Crippen molar-refractivity contribution in [3.05, 3.63) is 48.1 Å². The lowest BCUT2D eigenvalue weighted by Crippen LogP contribution is -2.10. The minimum atomic E-state index is -0.589. The Morgan fingerprint density at radius 1 is 1.27 bits per heavy atom. The van der Waals surface area contributed by atoms with Crippen LogP contribution in [0.15, 0.2) is 30.9 Å². The second kappa shape index (κ2) is 6.53. The third-order valence-corrected chi connectivity index (χ3v) is 1.99. The van der Waals surface area contributed by atoms with E-state index in [1.807, 2.05) is 0 Å². The number of nitrogens with two attached hydrogens (primary N) is 1. The van der Waals surface area contributed by atoms with E-state index in [-0.39, 0.29) is 18.4 Å². The van der Waals surface area contributed by atoms with Gasteiger partial charge in [-0.05, 0) is 30.5 Å². The first-order valence-electron chi connectivity index (χ1n) is 4.46. The highest BCUT2D eigenvalue weighted by Gasteiger charge is 2.07. The van der Waals surface area contributed by atoms with Crippen molar-refractivity contribution in [1.29, 1.82) is 0 Å². The monoisotopic (exact) mass is 233 g/mol. The molecular weight excluding hydrogens is 220 g/mol. The number of benzene rings is 1. The molecule has 0 bridgehead atoms. The Hall–Kier alpha value is -0.930. The minimum absolute atomic E-state index is 0. The van der Waals surface area contributed by atoms with Gasteiger partial charge in [-0.25, -0.2) is 8.78 Å². The first kappa shape index (κ1) is 14.1. The first-order valence-corrected chi connectivity index (χ1v) is 4.46. The van der Waals surface area contributed by atoms with Gasteiger partial charge in [0, 0.05) is 12.1 Å².